The van der Waals surface area contributed by atoms with Crippen LogP contribution in [-0.2, 0) is 4.74 Å². The van der Waals surface area contributed by atoms with Crippen LogP contribution in [0.5, 0.6) is 0 Å². The SMILES string of the molecule is CCCC(CCC(C)C)CC1CC(C)OC(C)C1. The largest absolute Gasteiger partial charge is 0.376 e. The van der Waals surface area contributed by atoms with E-state index in [0.29, 0.717) is 12.2 Å². The minimum absolute atomic E-state index is 0.478. The molecule has 0 bridgehead atoms. The van der Waals surface area contributed by atoms with Crippen molar-refractivity contribution in [2.45, 2.75) is 91.8 Å². The van der Waals surface area contributed by atoms with Gasteiger partial charge in [0, 0.05) is 0 Å². The molecule has 3 unspecified atom stereocenters. The van der Waals surface area contributed by atoms with Crippen molar-refractivity contribution in [1.29, 1.82) is 0 Å². The van der Waals surface area contributed by atoms with Crippen molar-refractivity contribution in [2.75, 3.05) is 0 Å². The molecular formula is C17H34O. The molecule has 1 saturated heterocycles. The van der Waals surface area contributed by atoms with Gasteiger partial charge in [-0.2, -0.15) is 0 Å². The summed E-state index contributed by atoms with van der Waals surface area (Å²) in [5.41, 5.74) is 0. The van der Waals surface area contributed by atoms with Gasteiger partial charge in [0.15, 0.2) is 0 Å². The molecule has 0 aromatic carbocycles. The Labute approximate surface area is 115 Å². The standard InChI is InChI=1S/C17H34O/c1-6-7-16(9-8-13(2)3)12-17-10-14(4)18-15(5)11-17/h13-17H,6-12H2,1-5H3. The van der Waals surface area contributed by atoms with E-state index < -0.39 is 0 Å². The lowest BCUT2D eigenvalue weighted by Gasteiger charge is -2.34. The van der Waals surface area contributed by atoms with E-state index in [4.69, 9.17) is 4.74 Å². The summed E-state index contributed by atoms with van der Waals surface area (Å²) in [5.74, 6) is 2.73. The average molecular weight is 254 g/mol. The van der Waals surface area contributed by atoms with Crippen LogP contribution >= 0.6 is 0 Å². The predicted molar refractivity (Wildman–Crippen MR) is 79.8 cm³/mol. The highest BCUT2D eigenvalue weighted by atomic mass is 16.5. The van der Waals surface area contributed by atoms with Crippen LogP contribution < -0.4 is 0 Å². The summed E-state index contributed by atoms with van der Waals surface area (Å²) in [6.07, 6.45) is 10.6. The third-order valence-corrected chi connectivity index (χ3v) is 4.31. The Morgan fingerprint density at radius 3 is 2.11 bits per heavy atom. The molecule has 0 aliphatic carbocycles. The summed E-state index contributed by atoms with van der Waals surface area (Å²) in [6, 6.07) is 0. The summed E-state index contributed by atoms with van der Waals surface area (Å²) < 4.78 is 5.86. The third kappa shape index (κ3) is 6.22. The first kappa shape index (κ1) is 16.0. The van der Waals surface area contributed by atoms with Gasteiger partial charge in [0.05, 0.1) is 12.2 Å². The second-order valence-corrected chi connectivity index (χ2v) is 6.96. The predicted octanol–water partition coefficient (Wildman–Crippen LogP) is 5.43. The minimum atomic E-state index is 0.478. The van der Waals surface area contributed by atoms with Gasteiger partial charge in [-0.1, -0.05) is 46.5 Å². The van der Waals surface area contributed by atoms with Crippen LogP contribution in [0.1, 0.15) is 79.6 Å². The van der Waals surface area contributed by atoms with Crippen LogP contribution in [0, 0.1) is 17.8 Å². The fourth-order valence-electron chi connectivity index (χ4n) is 3.56. The molecule has 1 fully saturated rings. The lowest BCUT2D eigenvalue weighted by Crippen LogP contribution is -2.30. The average Bonchev–Trinajstić information content (AvgIpc) is 2.24. The number of ether oxygens (including phenoxy) is 1. The van der Waals surface area contributed by atoms with Gasteiger partial charge < -0.3 is 4.74 Å². The lowest BCUT2D eigenvalue weighted by atomic mass is 9.81. The Kier molecular flexibility index (Phi) is 7.29. The summed E-state index contributed by atoms with van der Waals surface area (Å²) in [7, 11) is 0. The van der Waals surface area contributed by atoms with Crippen LogP contribution in [-0.4, -0.2) is 12.2 Å². The second-order valence-electron chi connectivity index (χ2n) is 6.96. The molecule has 1 rings (SSSR count). The molecule has 0 spiro atoms. The fourth-order valence-corrected chi connectivity index (χ4v) is 3.56. The van der Waals surface area contributed by atoms with Crippen LogP contribution in [0.15, 0.2) is 0 Å². The Morgan fingerprint density at radius 2 is 1.61 bits per heavy atom. The van der Waals surface area contributed by atoms with E-state index in [0.717, 1.165) is 17.8 Å². The minimum Gasteiger partial charge on any atom is -0.376 e. The summed E-state index contributed by atoms with van der Waals surface area (Å²) in [4.78, 5) is 0. The maximum Gasteiger partial charge on any atom is 0.0553 e. The van der Waals surface area contributed by atoms with Crippen molar-refractivity contribution in [3.63, 3.8) is 0 Å². The second kappa shape index (κ2) is 8.19. The van der Waals surface area contributed by atoms with E-state index in [1.165, 1.54) is 44.9 Å². The van der Waals surface area contributed by atoms with Crippen LogP contribution in [0.25, 0.3) is 0 Å². The van der Waals surface area contributed by atoms with Crippen molar-refractivity contribution >= 4 is 0 Å². The highest BCUT2D eigenvalue weighted by molar-refractivity contribution is 4.76. The van der Waals surface area contributed by atoms with Crippen LogP contribution in [0.2, 0.25) is 0 Å². The van der Waals surface area contributed by atoms with E-state index in [-0.39, 0.29) is 0 Å². The molecule has 0 aromatic rings. The quantitative estimate of drug-likeness (QED) is 0.588. The highest BCUT2D eigenvalue weighted by Crippen LogP contribution is 2.33. The first-order valence-electron chi connectivity index (χ1n) is 8.16. The molecule has 1 aliphatic heterocycles. The zero-order valence-electron chi connectivity index (χ0n) is 13.2. The van der Waals surface area contributed by atoms with Gasteiger partial charge in [0.2, 0.25) is 0 Å². The molecule has 0 radical (unpaired) electrons. The molecular weight excluding hydrogens is 220 g/mol. The van der Waals surface area contributed by atoms with Crippen molar-refractivity contribution < 1.29 is 4.74 Å². The molecule has 0 aromatic heterocycles. The van der Waals surface area contributed by atoms with Gasteiger partial charge in [0.25, 0.3) is 0 Å². The third-order valence-electron chi connectivity index (χ3n) is 4.31. The maximum atomic E-state index is 5.86. The molecule has 1 heterocycles. The highest BCUT2D eigenvalue weighted by Gasteiger charge is 2.26. The lowest BCUT2D eigenvalue weighted by molar-refractivity contribution is -0.0564. The molecule has 0 amide bonds. The fraction of sp³-hybridized carbons (Fsp3) is 1.00. The zero-order chi connectivity index (χ0) is 13.5. The molecule has 108 valence electrons. The molecule has 1 nitrogen and oxygen atoms in total. The van der Waals surface area contributed by atoms with Gasteiger partial charge in [-0.05, 0) is 50.9 Å². The zero-order valence-corrected chi connectivity index (χ0v) is 13.2. The molecule has 1 heteroatoms. The summed E-state index contributed by atoms with van der Waals surface area (Å²) in [5, 5.41) is 0. The monoisotopic (exact) mass is 254 g/mol. The van der Waals surface area contributed by atoms with Gasteiger partial charge in [-0.15, -0.1) is 0 Å². The van der Waals surface area contributed by atoms with Crippen molar-refractivity contribution in [1.82, 2.24) is 0 Å². The van der Waals surface area contributed by atoms with Crippen LogP contribution in [0.4, 0.5) is 0 Å². The number of hydrogen-bond acceptors (Lipinski definition) is 1. The van der Waals surface area contributed by atoms with Crippen molar-refractivity contribution in [3.05, 3.63) is 0 Å². The molecule has 1 aliphatic rings. The van der Waals surface area contributed by atoms with Gasteiger partial charge in [-0.25, -0.2) is 0 Å². The molecule has 0 N–H and O–H groups in total. The number of rotatable bonds is 7. The maximum absolute atomic E-state index is 5.86. The Balaban J connectivity index is 2.38. The van der Waals surface area contributed by atoms with Crippen LogP contribution in [0.3, 0.4) is 0 Å². The summed E-state index contributed by atoms with van der Waals surface area (Å²) >= 11 is 0. The Bertz CT molecular complexity index is 202. The van der Waals surface area contributed by atoms with Crippen molar-refractivity contribution in [3.8, 4) is 0 Å². The first-order chi connectivity index (χ1) is 8.51. The number of hydrogen-bond donors (Lipinski definition) is 0. The first-order valence-corrected chi connectivity index (χ1v) is 8.16. The summed E-state index contributed by atoms with van der Waals surface area (Å²) in [6.45, 7) is 11.5. The van der Waals surface area contributed by atoms with E-state index in [1.54, 1.807) is 0 Å². The molecule has 18 heavy (non-hydrogen) atoms. The molecule has 0 saturated carbocycles. The van der Waals surface area contributed by atoms with E-state index in [1.807, 2.05) is 0 Å². The van der Waals surface area contributed by atoms with E-state index >= 15 is 0 Å². The Hall–Kier alpha value is -0.0400. The van der Waals surface area contributed by atoms with E-state index in [2.05, 4.69) is 34.6 Å². The smallest absolute Gasteiger partial charge is 0.0553 e. The van der Waals surface area contributed by atoms with Gasteiger partial charge in [0.1, 0.15) is 0 Å². The molecule has 3 atom stereocenters. The topological polar surface area (TPSA) is 9.23 Å². The van der Waals surface area contributed by atoms with Gasteiger partial charge >= 0.3 is 0 Å². The Morgan fingerprint density at radius 1 is 1.00 bits per heavy atom. The van der Waals surface area contributed by atoms with E-state index in [9.17, 15) is 0 Å². The van der Waals surface area contributed by atoms with Gasteiger partial charge in [-0.3, -0.25) is 0 Å². The van der Waals surface area contributed by atoms with Crippen molar-refractivity contribution in [2.24, 2.45) is 17.8 Å². The normalized spacial score (nSPS) is 30.7.